The molecule has 0 spiro atoms. The zero-order valence-electron chi connectivity index (χ0n) is 16.6. The van der Waals surface area contributed by atoms with Crippen LogP contribution in [0.4, 0.5) is 0 Å². The maximum absolute atomic E-state index is 5.99. The van der Waals surface area contributed by atoms with Crippen molar-refractivity contribution in [2.24, 2.45) is 0 Å². The smallest absolute Gasteiger partial charge is 0.161 e. The highest BCUT2D eigenvalue weighted by molar-refractivity contribution is 5.43. The molecule has 1 saturated heterocycles. The van der Waals surface area contributed by atoms with E-state index < -0.39 is 0 Å². The van der Waals surface area contributed by atoms with Crippen molar-refractivity contribution >= 4 is 0 Å². The third-order valence-corrected chi connectivity index (χ3v) is 5.20. The Labute approximate surface area is 162 Å². The van der Waals surface area contributed by atoms with Gasteiger partial charge in [0, 0.05) is 36.6 Å². The summed E-state index contributed by atoms with van der Waals surface area (Å²) in [6.45, 7) is 8.24. The Balaban J connectivity index is 1.55. The van der Waals surface area contributed by atoms with Crippen molar-refractivity contribution in [3.8, 4) is 11.5 Å². The zero-order chi connectivity index (χ0) is 19.1. The van der Waals surface area contributed by atoms with Gasteiger partial charge in [0.2, 0.25) is 0 Å². The molecule has 1 aromatic carbocycles. The van der Waals surface area contributed by atoms with E-state index in [1.165, 1.54) is 31.5 Å². The summed E-state index contributed by atoms with van der Waals surface area (Å²) in [5, 5.41) is 3.70. The molecule has 27 heavy (non-hydrogen) atoms. The largest absolute Gasteiger partial charge is 0.493 e. The minimum absolute atomic E-state index is 0.481. The van der Waals surface area contributed by atoms with Crippen molar-refractivity contribution in [3.05, 3.63) is 53.9 Å². The molecule has 0 radical (unpaired) electrons. The summed E-state index contributed by atoms with van der Waals surface area (Å²) in [7, 11) is 1.67. The lowest BCUT2D eigenvalue weighted by atomic mass is 10.0. The first kappa shape index (κ1) is 19.6. The number of nitrogens with one attached hydrogen (secondary N) is 1. The number of benzene rings is 1. The van der Waals surface area contributed by atoms with Gasteiger partial charge in [0.05, 0.1) is 7.11 Å². The monoisotopic (exact) mass is 369 g/mol. The number of likely N-dealkylation sites (tertiary alicyclic amines) is 1. The van der Waals surface area contributed by atoms with Gasteiger partial charge in [-0.05, 0) is 63.5 Å². The van der Waals surface area contributed by atoms with E-state index in [0.29, 0.717) is 18.7 Å². The molecule has 5 nitrogen and oxygen atoms in total. The third-order valence-electron chi connectivity index (χ3n) is 5.20. The van der Waals surface area contributed by atoms with Gasteiger partial charge in [-0.2, -0.15) is 0 Å². The lowest BCUT2D eigenvalue weighted by molar-refractivity contribution is 0.161. The fourth-order valence-electron chi connectivity index (χ4n) is 3.47. The summed E-state index contributed by atoms with van der Waals surface area (Å²) >= 11 is 0. The number of nitrogens with zero attached hydrogens (tertiary/aromatic N) is 2. The van der Waals surface area contributed by atoms with Crippen molar-refractivity contribution < 1.29 is 9.47 Å². The molecule has 1 aliphatic heterocycles. The molecule has 0 aliphatic carbocycles. The summed E-state index contributed by atoms with van der Waals surface area (Å²) < 4.78 is 11.4. The SMILES string of the molecule is COc1ccc(CNC2CCN(C(C)C)CC2)cc1OCc1cccnc1. The molecule has 3 rings (SSSR count). The second-order valence-electron chi connectivity index (χ2n) is 7.42. The lowest BCUT2D eigenvalue weighted by Gasteiger charge is -2.35. The molecule has 2 aromatic rings. The Morgan fingerprint density at radius 1 is 1.15 bits per heavy atom. The maximum Gasteiger partial charge on any atom is 0.161 e. The van der Waals surface area contributed by atoms with Crippen LogP contribution in [-0.2, 0) is 13.2 Å². The molecule has 0 saturated carbocycles. The number of aromatic nitrogens is 1. The van der Waals surface area contributed by atoms with Crippen LogP contribution in [0.15, 0.2) is 42.7 Å². The predicted octanol–water partition coefficient (Wildman–Crippen LogP) is 3.63. The molecule has 0 unspecified atom stereocenters. The van der Waals surface area contributed by atoms with Crippen molar-refractivity contribution in [2.75, 3.05) is 20.2 Å². The number of piperidine rings is 1. The normalized spacial score (nSPS) is 15.9. The number of hydrogen-bond acceptors (Lipinski definition) is 5. The number of hydrogen-bond donors (Lipinski definition) is 1. The highest BCUT2D eigenvalue weighted by Gasteiger charge is 2.20. The maximum atomic E-state index is 5.99. The number of ether oxygens (including phenoxy) is 2. The van der Waals surface area contributed by atoms with Crippen LogP contribution in [0.25, 0.3) is 0 Å². The van der Waals surface area contributed by atoms with Gasteiger partial charge in [-0.1, -0.05) is 12.1 Å². The molecule has 0 amide bonds. The Kier molecular flexibility index (Phi) is 7.07. The minimum atomic E-state index is 0.481. The van der Waals surface area contributed by atoms with E-state index in [1.54, 1.807) is 13.3 Å². The molecule has 1 aromatic heterocycles. The van der Waals surface area contributed by atoms with Crippen LogP contribution < -0.4 is 14.8 Å². The third kappa shape index (κ3) is 5.68. The summed E-state index contributed by atoms with van der Waals surface area (Å²) in [5.41, 5.74) is 2.25. The van der Waals surface area contributed by atoms with Gasteiger partial charge in [-0.25, -0.2) is 0 Å². The topological polar surface area (TPSA) is 46.6 Å². The van der Waals surface area contributed by atoms with E-state index in [4.69, 9.17) is 9.47 Å². The molecule has 2 heterocycles. The second kappa shape index (κ2) is 9.72. The Bertz CT molecular complexity index is 698. The average Bonchev–Trinajstić information content (AvgIpc) is 2.71. The number of pyridine rings is 1. The lowest BCUT2D eigenvalue weighted by Crippen LogP contribution is -2.44. The Morgan fingerprint density at radius 3 is 2.63 bits per heavy atom. The standard InChI is InChI=1S/C22H31N3O2/c1-17(2)25-11-8-20(9-12-25)24-15-18-6-7-21(26-3)22(13-18)27-16-19-5-4-10-23-14-19/h4-7,10,13-14,17,20,24H,8-9,11-12,15-16H2,1-3H3. The minimum Gasteiger partial charge on any atom is -0.493 e. The summed E-state index contributed by atoms with van der Waals surface area (Å²) in [5.74, 6) is 1.53. The first-order valence-electron chi connectivity index (χ1n) is 9.81. The predicted molar refractivity (Wildman–Crippen MR) is 108 cm³/mol. The molecular formula is C22H31N3O2. The van der Waals surface area contributed by atoms with Crippen LogP contribution in [0.2, 0.25) is 0 Å². The first-order valence-corrected chi connectivity index (χ1v) is 9.81. The molecule has 0 atom stereocenters. The van der Waals surface area contributed by atoms with E-state index in [2.05, 4.69) is 41.2 Å². The van der Waals surface area contributed by atoms with Crippen molar-refractivity contribution in [1.29, 1.82) is 0 Å². The van der Waals surface area contributed by atoms with Crippen LogP contribution in [0, 0.1) is 0 Å². The van der Waals surface area contributed by atoms with E-state index in [9.17, 15) is 0 Å². The van der Waals surface area contributed by atoms with E-state index in [1.807, 2.05) is 24.4 Å². The highest BCUT2D eigenvalue weighted by Crippen LogP contribution is 2.29. The van der Waals surface area contributed by atoms with Gasteiger partial charge in [-0.3, -0.25) is 4.98 Å². The Morgan fingerprint density at radius 2 is 1.96 bits per heavy atom. The molecule has 5 heteroatoms. The zero-order valence-corrected chi connectivity index (χ0v) is 16.6. The van der Waals surface area contributed by atoms with Crippen LogP contribution in [0.3, 0.4) is 0 Å². The van der Waals surface area contributed by atoms with Gasteiger partial charge in [0.25, 0.3) is 0 Å². The average molecular weight is 370 g/mol. The van der Waals surface area contributed by atoms with Crippen molar-refractivity contribution in [2.45, 2.75) is 51.9 Å². The summed E-state index contributed by atoms with van der Waals surface area (Å²) in [6.07, 6.45) is 6.00. The molecule has 1 N–H and O–H groups in total. The van der Waals surface area contributed by atoms with Crippen molar-refractivity contribution in [1.82, 2.24) is 15.2 Å². The second-order valence-corrected chi connectivity index (χ2v) is 7.42. The molecule has 1 fully saturated rings. The van der Waals surface area contributed by atoms with Gasteiger partial charge < -0.3 is 19.7 Å². The Hall–Kier alpha value is -2.11. The molecule has 1 aliphatic rings. The molecular weight excluding hydrogens is 338 g/mol. The molecule has 146 valence electrons. The van der Waals surface area contributed by atoms with Crippen LogP contribution in [0.5, 0.6) is 11.5 Å². The van der Waals surface area contributed by atoms with Gasteiger partial charge in [0.15, 0.2) is 11.5 Å². The summed E-state index contributed by atoms with van der Waals surface area (Å²) in [4.78, 5) is 6.68. The van der Waals surface area contributed by atoms with E-state index in [0.717, 1.165) is 23.6 Å². The highest BCUT2D eigenvalue weighted by atomic mass is 16.5. The van der Waals surface area contributed by atoms with Crippen molar-refractivity contribution in [3.63, 3.8) is 0 Å². The quantitative estimate of drug-likeness (QED) is 0.770. The fraction of sp³-hybridized carbons (Fsp3) is 0.500. The number of rotatable bonds is 8. The van der Waals surface area contributed by atoms with E-state index >= 15 is 0 Å². The fourth-order valence-corrected chi connectivity index (χ4v) is 3.47. The van der Waals surface area contributed by atoms with E-state index in [-0.39, 0.29) is 0 Å². The van der Waals surface area contributed by atoms with Crippen LogP contribution in [-0.4, -0.2) is 42.2 Å². The van der Waals surface area contributed by atoms with Gasteiger partial charge in [-0.15, -0.1) is 0 Å². The van der Waals surface area contributed by atoms with Crippen LogP contribution >= 0.6 is 0 Å². The first-order chi connectivity index (χ1) is 13.2. The number of methoxy groups -OCH3 is 1. The molecule has 0 bridgehead atoms. The van der Waals surface area contributed by atoms with Crippen LogP contribution in [0.1, 0.15) is 37.8 Å². The van der Waals surface area contributed by atoms with Gasteiger partial charge >= 0.3 is 0 Å². The summed E-state index contributed by atoms with van der Waals surface area (Å²) in [6, 6.07) is 11.3. The van der Waals surface area contributed by atoms with Gasteiger partial charge in [0.1, 0.15) is 6.61 Å².